The van der Waals surface area contributed by atoms with Gasteiger partial charge < -0.3 is 19.4 Å². The molecule has 2 aliphatic rings. The third-order valence-corrected chi connectivity index (χ3v) is 5.87. The minimum atomic E-state index is -0.618. The predicted molar refractivity (Wildman–Crippen MR) is 114 cm³/mol. The normalized spacial score (nSPS) is 17.6. The number of nitrogens with zero attached hydrogens (tertiary/aromatic N) is 2. The number of carbonyl (C=O) groups is 3. The molecule has 2 aliphatic heterocycles. The fraction of sp³-hybridized carbons (Fsp3) is 0.348. The molecule has 1 aromatic heterocycles. The number of esters is 1. The van der Waals surface area contributed by atoms with Crippen LogP contribution >= 0.6 is 0 Å². The van der Waals surface area contributed by atoms with E-state index >= 15 is 0 Å². The minimum Gasteiger partial charge on any atom is -0.463 e. The Labute approximate surface area is 180 Å². The zero-order chi connectivity index (χ0) is 22.1. The number of carbonyl (C=O) groups excluding carboxylic acids is 3. The number of rotatable bonds is 5. The first-order chi connectivity index (χ1) is 14.9. The fourth-order valence-corrected chi connectivity index (χ4v) is 3.98. The molecule has 4 rings (SSSR count). The van der Waals surface area contributed by atoms with Crippen molar-refractivity contribution in [2.45, 2.75) is 33.2 Å². The van der Waals surface area contributed by atoms with Crippen LogP contribution in [0.25, 0.3) is 6.08 Å². The van der Waals surface area contributed by atoms with Crippen molar-refractivity contribution in [1.29, 1.82) is 0 Å². The predicted octanol–water partition coefficient (Wildman–Crippen LogP) is 3.38. The van der Waals surface area contributed by atoms with Gasteiger partial charge in [0.1, 0.15) is 11.5 Å². The van der Waals surface area contributed by atoms with Gasteiger partial charge in [-0.3, -0.25) is 9.69 Å². The van der Waals surface area contributed by atoms with Crippen LogP contribution in [0.15, 0.2) is 34.4 Å². The Morgan fingerprint density at radius 3 is 2.58 bits per heavy atom. The number of amides is 3. The van der Waals surface area contributed by atoms with Crippen LogP contribution in [0.1, 0.15) is 45.8 Å². The lowest BCUT2D eigenvalue weighted by atomic mass is 10.00. The van der Waals surface area contributed by atoms with Crippen molar-refractivity contribution in [3.05, 3.63) is 58.2 Å². The lowest BCUT2D eigenvalue weighted by Crippen LogP contribution is -2.30. The van der Waals surface area contributed by atoms with E-state index in [1.807, 2.05) is 13.0 Å². The van der Waals surface area contributed by atoms with Crippen molar-refractivity contribution in [3.63, 3.8) is 0 Å². The van der Waals surface area contributed by atoms with Crippen molar-refractivity contribution in [1.82, 2.24) is 10.2 Å². The molecular formula is C23H25N3O5. The molecule has 2 saturated heterocycles. The molecule has 1 aromatic carbocycles. The molecule has 0 saturated carbocycles. The van der Waals surface area contributed by atoms with Crippen molar-refractivity contribution in [2.75, 3.05) is 25.1 Å². The maximum absolute atomic E-state index is 12.8. The van der Waals surface area contributed by atoms with Gasteiger partial charge in [-0.15, -0.1) is 0 Å². The average molecular weight is 423 g/mol. The summed E-state index contributed by atoms with van der Waals surface area (Å²) in [7, 11) is 1.25. The van der Waals surface area contributed by atoms with E-state index in [1.165, 1.54) is 37.3 Å². The second-order valence-electron chi connectivity index (χ2n) is 7.76. The molecule has 0 spiro atoms. The summed E-state index contributed by atoms with van der Waals surface area (Å²) < 4.78 is 9.97. The van der Waals surface area contributed by atoms with E-state index in [4.69, 9.17) is 4.42 Å². The Balaban J connectivity index is 1.53. The number of benzene rings is 1. The molecule has 3 amide bonds. The van der Waals surface area contributed by atoms with Crippen LogP contribution in [0.3, 0.4) is 0 Å². The van der Waals surface area contributed by atoms with Crippen molar-refractivity contribution >= 4 is 29.7 Å². The van der Waals surface area contributed by atoms with Crippen LogP contribution in [-0.4, -0.2) is 43.0 Å². The maximum Gasteiger partial charge on any atom is 0.373 e. The van der Waals surface area contributed by atoms with Gasteiger partial charge in [-0.05, 0) is 67.7 Å². The van der Waals surface area contributed by atoms with Crippen LogP contribution < -0.4 is 10.2 Å². The summed E-state index contributed by atoms with van der Waals surface area (Å²) in [5, 5.41) is 2.63. The summed E-state index contributed by atoms with van der Waals surface area (Å²) in [6.07, 6.45) is 4.12. The van der Waals surface area contributed by atoms with Crippen molar-refractivity contribution < 1.29 is 23.5 Å². The number of urea groups is 1. The Bertz CT molecular complexity index is 1080. The molecule has 0 atom stereocenters. The SMILES string of the molecule is COC(=O)c1ccc(CN2C(=O)N/C(=C\c3ccc(N4CCCC4)c(C)c3C)C2=O)o1. The van der Waals surface area contributed by atoms with Gasteiger partial charge in [0, 0.05) is 18.8 Å². The van der Waals surface area contributed by atoms with Crippen LogP contribution in [0.2, 0.25) is 0 Å². The average Bonchev–Trinajstić information content (AvgIpc) is 3.50. The number of imide groups is 1. The number of hydrogen-bond donors (Lipinski definition) is 1. The summed E-state index contributed by atoms with van der Waals surface area (Å²) in [6.45, 7) is 6.16. The van der Waals surface area contributed by atoms with E-state index < -0.39 is 17.9 Å². The third-order valence-electron chi connectivity index (χ3n) is 5.87. The minimum absolute atomic E-state index is 0.0181. The summed E-state index contributed by atoms with van der Waals surface area (Å²) >= 11 is 0. The van der Waals surface area contributed by atoms with Gasteiger partial charge in [-0.2, -0.15) is 0 Å². The summed E-state index contributed by atoms with van der Waals surface area (Å²) in [5.74, 6) is -0.731. The molecule has 2 fully saturated rings. The number of furan rings is 1. The van der Waals surface area contributed by atoms with E-state index in [0.29, 0.717) is 5.76 Å². The first kappa shape index (κ1) is 20.7. The Morgan fingerprint density at radius 2 is 1.87 bits per heavy atom. The van der Waals surface area contributed by atoms with Gasteiger partial charge in [0.15, 0.2) is 0 Å². The molecule has 0 radical (unpaired) electrons. The molecule has 8 heteroatoms. The molecule has 8 nitrogen and oxygen atoms in total. The summed E-state index contributed by atoms with van der Waals surface area (Å²) in [4.78, 5) is 40.2. The molecule has 0 unspecified atom stereocenters. The molecule has 2 aromatic rings. The largest absolute Gasteiger partial charge is 0.463 e. The first-order valence-electron chi connectivity index (χ1n) is 10.3. The lowest BCUT2D eigenvalue weighted by molar-refractivity contribution is -0.123. The molecular weight excluding hydrogens is 398 g/mol. The zero-order valence-corrected chi connectivity index (χ0v) is 17.9. The highest BCUT2D eigenvalue weighted by atomic mass is 16.5. The van der Waals surface area contributed by atoms with E-state index in [-0.39, 0.29) is 18.0 Å². The standard InChI is InChI=1S/C23H25N3O5/c1-14-15(2)19(25-10-4-5-11-25)8-6-16(14)12-18-21(27)26(23(29)24-18)13-17-7-9-20(31-17)22(28)30-3/h6-9,12H,4-5,10-11,13H2,1-3H3,(H,24,29)/b18-12-. The van der Waals surface area contributed by atoms with Crippen LogP contribution in [-0.2, 0) is 16.1 Å². The molecule has 0 aliphatic carbocycles. The highest BCUT2D eigenvalue weighted by Gasteiger charge is 2.34. The van der Waals surface area contributed by atoms with Crippen LogP contribution in [0, 0.1) is 13.8 Å². The highest BCUT2D eigenvalue weighted by molar-refractivity contribution is 6.14. The first-order valence-corrected chi connectivity index (χ1v) is 10.3. The molecule has 162 valence electrons. The van der Waals surface area contributed by atoms with Gasteiger partial charge in [0.25, 0.3) is 5.91 Å². The van der Waals surface area contributed by atoms with Crippen LogP contribution in [0.5, 0.6) is 0 Å². The Morgan fingerprint density at radius 1 is 1.13 bits per heavy atom. The summed E-state index contributed by atoms with van der Waals surface area (Å²) in [6, 6.07) is 6.52. The smallest absolute Gasteiger partial charge is 0.373 e. The number of ether oxygens (including phenoxy) is 1. The van der Waals surface area contributed by atoms with E-state index in [1.54, 1.807) is 12.1 Å². The molecule has 0 bridgehead atoms. The van der Waals surface area contributed by atoms with Gasteiger partial charge in [0.2, 0.25) is 5.76 Å². The Hall–Kier alpha value is -3.55. The van der Waals surface area contributed by atoms with Crippen LogP contribution in [0.4, 0.5) is 10.5 Å². The number of anilines is 1. The maximum atomic E-state index is 12.8. The Kier molecular flexibility index (Phi) is 5.54. The topological polar surface area (TPSA) is 92.1 Å². The quantitative estimate of drug-likeness (QED) is 0.450. The lowest BCUT2D eigenvalue weighted by Gasteiger charge is -2.22. The van der Waals surface area contributed by atoms with E-state index in [0.717, 1.165) is 29.1 Å². The number of nitrogens with one attached hydrogen (secondary N) is 1. The van der Waals surface area contributed by atoms with Gasteiger partial charge in [-0.25, -0.2) is 9.59 Å². The number of hydrogen-bond acceptors (Lipinski definition) is 6. The number of methoxy groups -OCH3 is 1. The second kappa shape index (κ2) is 8.29. The fourth-order valence-electron chi connectivity index (χ4n) is 3.98. The van der Waals surface area contributed by atoms with E-state index in [2.05, 4.69) is 27.9 Å². The van der Waals surface area contributed by atoms with Gasteiger partial charge in [-0.1, -0.05) is 6.07 Å². The van der Waals surface area contributed by atoms with E-state index in [9.17, 15) is 14.4 Å². The third kappa shape index (κ3) is 3.93. The molecule has 31 heavy (non-hydrogen) atoms. The monoisotopic (exact) mass is 423 g/mol. The van der Waals surface area contributed by atoms with Crippen molar-refractivity contribution in [3.8, 4) is 0 Å². The van der Waals surface area contributed by atoms with Gasteiger partial charge in [0.05, 0.1) is 13.7 Å². The van der Waals surface area contributed by atoms with Crippen molar-refractivity contribution in [2.24, 2.45) is 0 Å². The molecule has 1 N–H and O–H groups in total. The zero-order valence-electron chi connectivity index (χ0n) is 17.9. The molecule has 3 heterocycles. The van der Waals surface area contributed by atoms with Gasteiger partial charge >= 0.3 is 12.0 Å². The second-order valence-corrected chi connectivity index (χ2v) is 7.76. The highest BCUT2D eigenvalue weighted by Crippen LogP contribution is 2.30. The summed E-state index contributed by atoms with van der Waals surface area (Å²) in [5.41, 5.74) is 4.57.